The molecule has 0 heterocycles. The maximum Gasteiger partial charge on any atom is 0.573 e. The molecule has 0 saturated carbocycles. The molecule has 5 heteroatoms. The van der Waals surface area contributed by atoms with Crippen molar-refractivity contribution in [2.75, 3.05) is 0 Å². The van der Waals surface area contributed by atoms with E-state index in [4.69, 9.17) is 0 Å². The number of hydrogen-bond donors (Lipinski definition) is 1. The van der Waals surface area contributed by atoms with Gasteiger partial charge in [-0.1, -0.05) is 19.1 Å². The Bertz CT molecular complexity index is 352. The molecule has 0 aliphatic heterocycles. The van der Waals surface area contributed by atoms with E-state index in [-0.39, 0.29) is 5.75 Å². The Kier molecular flexibility index (Phi) is 4.81. The summed E-state index contributed by atoms with van der Waals surface area (Å²) in [4.78, 5) is 0. The summed E-state index contributed by atoms with van der Waals surface area (Å²) in [5.74, 6) is -0.180. The predicted octanol–water partition coefficient (Wildman–Crippen LogP) is 3.47. The fraction of sp³-hybridized carbons (Fsp3) is 0.500. The molecule has 1 unspecified atom stereocenters. The van der Waals surface area contributed by atoms with E-state index in [1.165, 1.54) is 12.1 Å². The largest absolute Gasteiger partial charge is 0.573 e. The first-order valence-electron chi connectivity index (χ1n) is 5.49. The van der Waals surface area contributed by atoms with Crippen molar-refractivity contribution in [2.24, 2.45) is 0 Å². The summed E-state index contributed by atoms with van der Waals surface area (Å²) in [5, 5.41) is 3.20. The third kappa shape index (κ3) is 5.58. The van der Waals surface area contributed by atoms with Gasteiger partial charge in [-0.3, -0.25) is 0 Å². The van der Waals surface area contributed by atoms with E-state index in [9.17, 15) is 13.2 Å². The van der Waals surface area contributed by atoms with Gasteiger partial charge in [-0.25, -0.2) is 0 Å². The second kappa shape index (κ2) is 5.91. The highest BCUT2D eigenvalue weighted by atomic mass is 19.4. The van der Waals surface area contributed by atoms with Crippen LogP contribution in [0.1, 0.15) is 25.8 Å². The lowest BCUT2D eigenvalue weighted by molar-refractivity contribution is -0.274. The van der Waals surface area contributed by atoms with Crippen molar-refractivity contribution in [3.05, 3.63) is 29.8 Å². The highest BCUT2D eigenvalue weighted by molar-refractivity contribution is 5.28. The summed E-state index contributed by atoms with van der Waals surface area (Å²) in [6, 6.07) is 6.33. The molecule has 1 N–H and O–H groups in total. The summed E-state index contributed by atoms with van der Waals surface area (Å²) < 4.78 is 39.9. The topological polar surface area (TPSA) is 21.3 Å². The molecule has 96 valence electrons. The minimum Gasteiger partial charge on any atom is -0.406 e. The van der Waals surface area contributed by atoms with Crippen LogP contribution in [0.25, 0.3) is 0 Å². The van der Waals surface area contributed by atoms with Crippen molar-refractivity contribution in [3.63, 3.8) is 0 Å². The fourth-order valence-electron chi connectivity index (χ4n) is 1.29. The molecule has 0 radical (unpaired) electrons. The maximum atomic E-state index is 12.0. The standard InChI is InChI=1S/C12H16F3NO/c1-3-9(2)16-8-10-5-4-6-11(7-10)17-12(13,14)15/h4-7,9,16H,3,8H2,1-2H3. The maximum absolute atomic E-state index is 12.0. The Morgan fingerprint density at radius 2 is 2.06 bits per heavy atom. The van der Waals surface area contributed by atoms with Gasteiger partial charge in [-0.15, -0.1) is 13.2 Å². The minimum absolute atomic E-state index is 0.180. The Hall–Kier alpha value is -1.23. The van der Waals surface area contributed by atoms with E-state index < -0.39 is 6.36 Å². The Labute approximate surface area is 98.8 Å². The first-order valence-corrected chi connectivity index (χ1v) is 5.49. The number of ether oxygens (including phenoxy) is 1. The van der Waals surface area contributed by atoms with Crippen LogP contribution in [0.15, 0.2) is 24.3 Å². The second-order valence-electron chi connectivity index (χ2n) is 3.89. The van der Waals surface area contributed by atoms with Crippen LogP contribution in [-0.4, -0.2) is 12.4 Å². The van der Waals surface area contributed by atoms with Gasteiger partial charge in [-0.05, 0) is 31.0 Å². The van der Waals surface area contributed by atoms with Crippen molar-refractivity contribution in [3.8, 4) is 5.75 Å². The van der Waals surface area contributed by atoms with Crippen LogP contribution in [0.5, 0.6) is 5.75 Å². The highest BCUT2D eigenvalue weighted by Gasteiger charge is 2.31. The SMILES string of the molecule is CCC(C)NCc1cccc(OC(F)(F)F)c1. The quantitative estimate of drug-likeness (QED) is 0.860. The van der Waals surface area contributed by atoms with E-state index in [0.29, 0.717) is 12.6 Å². The predicted molar refractivity (Wildman–Crippen MR) is 59.7 cm³/mol. The zero-order valence-electron chi connectivity index (χ0n) is 9.84. The van der Waals surface area contributed by atoms with Gasteiger partial charge >= 0.3 is 6.36 Å². The second-order valence-corrected chi connectivity index (χ2v) is 3.89. The molecular weight excluding hydrogens is 231 g/mol. The zero-order valence-corrected chi connectivity index (χ0v) is 9.84. The lowest BCUT2D eigenvalue weighted by Gasteiger charge is -2.13. The first kappa shape index (κ1) is 13.8. The van der Waals surface area contributed by atoms with Crippen LogP contribution in [0.4, 0.5) is 13.2 Å². The molecule has 1 rings (SSSR count). The van der Waals surface area contributed by atoms with Crippen LogP contribution in [-0.2, 0) is 6.54 Å². The number of rotatable bonds is 5. The summed E-state index contributed by atoms with van der Waals surface area (Å²) in [6.45, 7) is 4.60. The Balaban J connectivity index is 2.60. The average Bonchev–Trinajstić information content (AvgIpc) is 2.24. The van der Waals surface area contributed by atoms with Gasteiger partial charge in [0.1, 0.15) is 5.75 Å². The van der Waals surface area contributed by atoms with Crippen LogP contribution in [0.2, 0.25) is 0 Å². The van der Waals surface area contributed by atoms with E-state index in [0.717, 1.165) is 12.0 Å². The van der Waals surface area contributed by atoms with Gasteiger partial charge in [0.2, 0.25) is 0 Å². The van der Waals surface area contributed by atoms with E-state index in [1.54, 1.807) is 12.1 Å². The van der Waals surface area contributed by atoms with E-state index >= 15 is 0 Å². The molecule has 0 bridgehead atoms. The van der Waals surface area contributed by atoms with Gasteiger partial charge in [-0.2, -0.15) is 0 Å². The summed E-state index contributed by atoms with van der Waals surface area (Å²) in [7, 11) is 0. The molecule has 0 aliphatic carbocycles. The van der Waals surface area contributed by atoms with Gasteiger partial charge in [0.05, 0.1) is 0 Å². The molecule has 17 heavy (non-hydrogen) atoms. The van der Waals surface area contributed by atoms with Gasteiger partial charge in [0.15, 0.2) is 0 Å². The molecule has 0 fully saturated rings. The smallest absolute Gasteiger partial charge is 0.406 e. The number of benzene rings is 1. The molecule has 0 amide bonds. The molecule has 2 nitrogen and oxygen atoms in total. The van der Waals surface area contributed by atoms with Crippen molar-refractivity contribution >= 4 is 0 Å². The lowest BCUT2D eigenvalue weighted by Crippen LogP contribution is -2.24. The third-order valence-electron chi connectivity index (χ3n) is 2.40. The summed E-state index contributed by atoms with van der Waals surface area (Å²) >= 11 is 0. The van der Waals surface area contributed by atoms with Crippen LogP contribution >= 0.6 is 0 Å². The van der Waals surface area contributed by atoms with Crippen molar-refractivity contribution < 1.29 is 17.9 Å². The van der Waals surface area contributed by atoms with Crippen molar-refractivity contribution in [1.82, 2.24) is 5.32 Å². The lowest BCUT2D eigenvalue weighted by atomic mass is 10.2. The molecule has 0 aliphatic rings. The fourth-order valence-corrected chi connectivity index (χ4v) is 1.29. The van der Waals surface area contributed by atoms with Crippen LogP contribution in [0, 0.1) is 0 Å². The zero-order chi connectivity index (χ0) is 12.9. The highest BCUT2D eigenvalue weighted by Crippen LogP contribution is 2.23. The summed E-state index contributed by atoms with van der Waals surface area (Å²) in [6.07, 6.45) is -3.67. The number of halogens is 3. The van der Waals surface area contributed by atoms with Crippen LogP contribution in [0.3, 0.4) is 0 Å². The Morgan fingerprint density at radius 3 is 2.65 bits per heavy atom. The monoisotopic (exact) mass is 247 g/mol. The number of hydrogen-bond acceptors (Lipinski definition) is 2. The van der Waals surface area contributed by atoms with E-state index in [2.05, 4.69) is 10.1 Å². The Morgan fingerprint density at radius 1 is 1.35 bits per heavy atom. The number of nitrogens with one attached hydrogen (secondary N) is 1. The van der Waals surface area contributed by atoms with E-state index in [1.807, 2.05) is 13.8 Å². The molecule has 0 saturated heterocycles. The normalized spacial score (nSPS) is 13.5. The molecule has 1 aromatic carbocycles. The summed E-state index contributed by atoms with van der Waals surface area (Å²) in [5.41, 5.74) is 0.770. The molecule has 1 aromatic rings. The average molecular weight is 247 g/mol. The van der Waals surface area contributed by atoms with Gasteiger partial charge < -0.3 is 10.1 Å². The number of alkyl halides is 3. The molecule has 1 atom stereocenters. The molecule has 0 spiro atoms. The molecular formula is C12H16F3NO. The van der Waals surface area contributed by atoms with Crippen LogP contribution < -0.4 is 10.1 Å². The van der Waals surface area contributed by atoms with Crippen molar-refractivity contribution in [2.45, 2.75) is 39.2 Å². The molecule has 0 aromatic heterocycles. The third-order valence-corrected chi connectivity index (χ3v) is 2.40. The van der Waals surface area contributed by atoms with Gasteiger partial charge in [0, 0.05) is 12.6 Å². The first-order chi connectivity index (χ1) is 7.90. The van der Waals surface area contributed by atoms with Gasteiger partial charge in [0.25, 0.3) is 0 Å². The minimum atomic E-state index is -4.64. The van der Waals surface area contributed by atoms with Crippen molar-refractivity contribution in [1.29, 1.82) is 0 Å².